The van der Waals surface area contributed by atoms with Crippen molar-refractivity contribution in [3.8, 4) is 5.75 Å². The van der Waals surface area contributed by atoms with Crippen molar-refractivity contribution in [2.45, 2.75) is 38.6 Å². The zero-order valence-corrected chi connectivity index (χ0v) is 22.5. The third-order valence-corrected chi connectivity index (χ3v) is 7.47. The van der Waals surface area contributed by atoms with Crippen molar-refractivity contribution in [3.05, 3.63) is 99.5 Å². The smallest absolute Gasteiger partial charge is 0.257 e. The molecule has 0 fully saturated rings. The van der Waals surface area contributed by atoms with Gasteiger partial charge < -0.3 is 14.5 Å². The molecular formula is C30H32Cl2N2O3. The molecule has 0 bridgehead atoms. The summed E-state index contributed by atoms with van der Waals surface area (Å²) in [7, 11) is 0. The van der Waals surface area contributed by atoms with Crippen LogP contribution in [0.25, 0.3) is 0 Å². The molecule has 3 aromatic rings. The summed E-state index contributed by atoms with van der Waals surface area (Å²) < 4.78 is 6.32. The Hall–Kier alpha value is -3.02. The molecule has 0 unspecified atom stereocenters. The highest BCUT2D eigenvalue weighted by Crippen LogP contribution is 2.26. The Labute approximate surface area is 228 Å². The summed E-state index contributed by atoms with van der Waals surface area (Å²) in [5.41, 5.74) is 2.14. The third-order valence-electron chi connectivity index (χ3n) is 6.73. The van der Waals surface area contributed by atoms with Crippen molar-refractivity contribution >= 4 is 35.0 Å². The SMILES string of the molecule is CCN1CCCCCN(C(=O)c2ccc(Cl)c(Cl)c2)[C@H](Cc2ccccc2)COc2ccccc2C1=O. The first-order valence-electron chi connectivity index (χ1n) is 12.8. The summed E-state index contributed by atoms with van der Waals surface area (Å²) in [6, 6.07) is 22.2. The summed E-state index contributed by atoms with van der Waals surface area (Å²) in [5, 5.41) is 0.760. The lowest BCUT2D eigenvalue weighted by Crippen LogP contribution is -2.45. The molecule has 0 saturated carbocycles. The monoisotopic (exact) mass is 538 g/mol. The van der Waals surface area contributed by atoms with Crippen molar-refractivity contribution in [2.24, 2.45) is 0 Å². The number of hydrogen-bond donors (Lipinski definition) is 0. The molecule has 1 aliphatic heterocycles. The molecule has 1 aliphatic rings. The Morgan fingerprint density at radius 1 is 0.919 bits per heavy atom. The first-order chi connectivity index (χ1) is 18.0. The number of nitrogens with zero attached hydrogens (tertiary/aromatic N) is 2. The topological polar surface area (TPSA) is 49.9 Å². The number of amides is 2. The zero-order valence-electron chi connectivity index (χ0n) is 21.0. The molecule has 0 radical (unpaired) electrons. The normalized spacial score (nSPS) is 17.2. The van der Waals surface area contributed by atoms with Gasteiger partial charge in [0, 0.05) is 25.2 Å². The van der Waals surface area contributed by atoms with Crippen LogP contribution in [0.5, 0.6) is 5.75 Å². The molecule has 1 atom stereocenters. The molecule has 37 heavy (non-hydrogen) atoms. The van der Waals surface area contributed by atoms with E-state index in [9.17, 15) is 9.59 Å². The van der Waals surface area contributed by atoms with Crippen LogP contribution in [0.2, 0.25) is 10.0 Å². The lowest BCUT2D eigenvalue weighted by Gasteiger charge is -2.32. The van der Waals surface area contributed by atoms with Crippen molar-refractivity contribution < 1.29 is 14.3 Å². The summed E-state index contributed by atoms with van der Waals surface area (Å²) in [6.45, 7) is 4.11. The van der Waals surface area contributed by atoms with Crippen LogP contribution in [0, 0.1) is 0 Å². The van der Waals surface area contributed by atoms with E-state index in [1.54, 1.807) is 18.2 Å². The van der Waals surface area contributed by atoms with E-state index in [2.05, 4.69) is 12.1 Å². The highest BCUT2D eigenvalue weighted by molar-refractivity contribution is 6.42. The minimum Gasteiger partial charge on any atom is -0.491 e. The van der Waals surface area contributed by atoms with Crippen LogP contribution in [0.3, 0.4) is 0 Å². The maximum atomic E-state index is 13.9. The predicted octanol–water partition coefficient (Wildman–Crippen LogP) is 6.77. The number of rotatable bonds is 4. The van der Waals surface area contributed by atoms with E-state index in [0.29, 0.717) is 53.0 Å². The zero-order chi connectivity index (χ0) is 26.2. The van der Waals surface area contributed by atoms with Crippen molar-refractivity contribution in [2.75, 3.05) is 26.2 Å². The molecule has 7 heteroatoms. The van der Waals surface area contributed by atoms with Gasteiger partial charge in [-0.2, -0.15) is 0 Å². The van der Waals surface area contributed by atoms with E-state index in [-0.39, 0.29) is 24.5 Å². The Morgan fingerprint density at radius 3 is 2.41 bits per heavy atom. The van der Waals surface area contributed by atoms with Gasteiger partial charge in [0.15, 0.2) is 0 Å². The van der Waals surface area contributed by atoms with E-state index in [1.807, 2.05) is 59.2 Å². The molecular weight excluding hydrogens is 507 g/mol. The molecule has 0 saturated heterocycles. The number of ether oxygens (including phenoxy) is 1. The van der Waals surface area contributed by atoms with Crippen LogP contribution in [0.4, 0.5) is 0 Å². The summed E-state index contributed by atoms with van der Waals surface area (Å²) >= 11 is 12.4. The van der Waals surface area contributed by atoms with Gasteiger partial charge in [-0.3, -0.25) is 9.59 Å². The number of hydrogen-bond acceptors (Lipinski definition) is 3. The van der Waals surface area contributed by atoms with Gasteiger partial charge >= 0.3 is 0 Å². The fourth-order valence-electron chi connectivity index (χ4n) is 4.68. The maximum absolute atomic E-state index is 13.9. The van der Waals surface area contributed by atoms with Crippen LogP contribution < -0.4 is 4.74 Å². The van der Waals surface area contributed by atoms with Crippen LogP contribution >= 0.6 is 23.2 Å². The lowest BCUT2D eigenvalue weighted by molar-refractivity contribution is 0.0605. The van der Waals surface area contributed by atoms with Crippen molar-refractivity contribution in [3.63, 3.8) is 0 Å². The standard InChI is InChI=1S/C30H32Cl2N2O3/c1-2-33-17-9-4-10-18-34(29(35)23-15-16-26(31)27(32)20-23)24(19-22-11-5-3-6-12-22)21-37-28-14-8-7-13-25(28)30(33)36/h3,5-8,11-16,20,24H,2,4,9-10,17-19,21H2,1H3/t24-/m1/s1. The predicted molar refractivity (Wildman–Crippen MR) is 149 cm³/mol. The molecule has 0 N–H and O–H groups in total. The first-order valence-corrected chi connectivity index (χ1v) is 13.5. The van der Waals surface area contributed by atoms with Crippen LogP contribution in [-0.4, -0.2) is 53.9 Å². The summed E-state index contributed by atoms with van der Waals surface area (Å²) in [4.78, 5) is 30.9. The van der Waals surface area contributed by atoms with Gasteiger partial charge in [0.2, 0.25) is 0 Å². The largest absolute Gasteiger partial charge is 0.491 e. The van der Waals surface area contributed by atoms with E-state index < -0.39 is 0 Å². The van der Waals surface area contributed by atoms with Crippen LogP contribution in [-0.2, 0) is 6.42 Å². The molecule has 5 nitrogen and oxygen atoms in total. The number of carbonyl (C=O) groups excluding carboxylic acids is 2. The molecule has 1 heterocycles. The molecule has 194 valence electrons. The molecule has 0 spiro atoms. The number of benzene rings is 3. The lowest BCUT2D eigenvalue weighted by atomic mass is 10.0. The van der Waals surface area contributed by atoms with E-state index in [0.717, 1.165) is 24.8 Å². The number of halogens is 2. The van der Waals surface area contributed by atoms with E-state index >= 15 is 0 Å². The van der Waals surface area contributed by atoms with Gasteiger partial charge in [-0.1, -0.05) is 65.7 Å². The van der Waals surface area contributed by atoms with Gasteiger partial charge in [0.1, 0.15) is 12.4 Å². The summed E-state index contributed by atoms with van der Waals surface area (Å²) in [5.74, 6) is 0.392. The second-order valence-corrected chi connectivity index (χ2v) is 10.0. The highest BCUT2D eigenvalue weighted by atomic mass is 35.5. The Morgan fingerprint density at radius 2 is 1.65 bits per heavy atom. The average molecular weight is 540 g/mol. The molecule has 0 aromatic heterocycles. The minimum absolute atomic E-state index is 0.0271. The van der Waals surface area contributed by atoms with E-state index in [1.165, 1.54) is 0 Å². The Kier molecular flexibility index (Phi) is 9.48. The maximum Gasteiger partial charge on any atom is 0.257 e. The Bertz CT molecular complexity index is 1220. The second kappa shape index (κ2) is 13.0. The molecule has 3 aromatic carbocycles. The van der Waals surface area contributed by atoms with Crippen LogP contribution in [0.15, 0.2) is 72.8 Å². The highest BCUT2D eigenvalue weighted by Gasteiger charge is 2.28. The molecule has 0 aliphatic carbocycles. The van der Waals surface area contributed by atoms with Gasteiger partial charge in [-0.05, 0) is 68.5 Å². The van der Waals surface area contributed by atoms with Gasteiger partial charge in [-0.15, -0.1) is 0 Å². The third kappa shape index (κ3) is 6.85. The minimum atomic E-state index is -0.254. The van der Waals surface area contributed by atoms with Crippen molar-refractivity contribution in [1.29, 1.82) is 0 Å². The second-order valence-electron chi connectivity index (χ2n) is 9.22. The fourth-order valence-corrected chi connectivity index (χ4v) is 4.98. The van der Waals surface area contributed by atoms with Crippen LogP contribution in [0.1, 0.15) is 52.5 Å². The quantitative estimate of drug-likeness (QED) is 0.368. The molecule has 2 amide bonds. The van der Waals surface area contributed by atoms with Gasteiger partial charge in [0.25, 0.3) is 11.8 Å². The number of para-hydroxylation sites is 1. The molecule has 4 rings (SSSR count). The van der Waals surface area contributed by atoms with E-state index in [4.69, 9.17) is 27.9 Å². The van der Waals surface area contributed by atoms with Gasteiger partial charge in [-0.25, -0.2) is 0 Å². The van der Waals surface area contributed by atoms with Gasteiger partial charge in [0.05, 0.1) is 21.7 Å². The van der Waals surface area contributed by atoms with Crippen molar-refractivity contribution in [1.82, 2.24) is 9.80 Å². The summed E-state index contributed by atoms with van der Waals surface area (Å²) in [6.07, 6.45) is 3.19. The number of fused-ring (bicyclic) bond motifs is 1. The average Bonchev–Trinajstić information content (AvgIpc) is 2.93. The first kappa shape index (κ1) is 27.0. The Balaban J connectivity index is 1.70. The fraction of sp³-hybridized carbons (Fsp3) is 0.333. The number of carbonyl (C=O) groups is 2.